The zero-order chi connectivity index (χ0) is 9.90. The molecule has 0 saturated carbocycles. The lowest BCUT2D eigenvalue weighted by Gasteiger charge is -2.19. The molecule has 0 aliphatic carbocycles. The first-order valence-electron chi connectivity index (χ1n) is 4.97. The fourth-order valence-corrected chi connectivity index (χ4v) is 1.40. The Morgan fingerprint density at radius 3 is 2.69 bits per heavy atom. The lowest BCUT2D eigenvalue weighted by molar-refractivity contribution is -0.119. The maximum atomic E-state index is 10.9. The van der Waals surface area contributed by atoms with Crippen molar-refractivity contribution in [1.29, 1.82) is 0 Å². The van der Waals surface area contributed by atoms with Crippen LogP contribution in [0.25, 0.3) is 0 Å². The first kappa shape index (κ1) is 10.5. The van der Waals surface area contributed by atoms with Crippen LogP contribution in [0.15, 0.2) is 0 Å². The monoisotopic (exact) mass is 184 g/mol. The van der Waals surface area contributed by atoms with Crippen LogP contribution in [0.1, 0.15) is 33.6 Å². The molecule has 0 bridgehead atoms. The molecule has 1 fully saturated rings. The summed E-state index contributed by atoms with van der Waals surface area (Å²) < 4.78 is 0. The van der Waals surface area contributed by atoms with Crippen molar-refractivity contribution in [3.8, 4) is 0 Å². The third-order valence-electron chi connectivity index (χ3n) is 2.29. The van der Waals surface area contributed by atoms with Crippen LogP contribution in [0.4, 0.5) is 0 Å². The van der Waals surface area contributed by atoms with Gasteiger partial charge in [0, 0.05) is 19.0 Å². The average Bonchev–Trinajstić information content (AvgIpc) is 2.33. The highest BCUT2D eigenvalue weighted by Crippen LogP contribution is 2.17. The third kappa shape index (κ3) is 4.27. The second-order valence-corrected chi connectivity index (χ2v) is 4.97. The molecule has 13 heavy (non-hydrogen) atoms. The Kier molecular flexibility index (Phi) is 3.31. The average molecular weight is 184 g/mol. The van der Waals surface area contributed by atoms with Crippen molar-refractivity contribution < 1.29 is 4.79 Å². The summed E-state index contributed by atoms with van der Waals surface area (Å²) in [5.41, 5.74) is 0.378. The van der Waals surface area contributed by atoms with Gasteiger partial charge in [0.05, 0.1) is 0 Å². The summed E-state index contributed by atoms with van der Waals surface area (Å²) in [7, 11) is 0. The van der Waals surface area contributed by atoms with E-state index in [1.807, 2.05) is 0 Å². The van der Waals surface area contributed by atoms with Crippen LogP contribution < -0.4 is 10.6 Å². The molecule has 1 atom stereocenters. The SMILES string of the molecule is CC(C)(C)CCNC1CNC(=O)C1. The minimum atomic E-state index is 0.174. The highest BCUT2D eigenvalue weighted by Gasteiger charge is 2.20. The molecule has 0 spiro atoms. The van der Waals surface area contributed by atoms with Gasteiger partial charge in [0.1, 0.15) is 0 Å². The quantitative estimate of drug-likeness (QED) is 0.684. The summed E-state index contributed by atoms with van der Waals surface area (Å²) >= 11 is 0. The van der Waals surface area contributed by atoms with Crippen molar-refractivity contribution in [3.63, 3.8) is 0 Å². The Morgan fingerprint density at radius 2 is 2.23 bits per heavy atom. The van der Waals surface area contributed by atoms with Gasteiger partial charge in [-0.3, -0.25) is 4.79 Å². The van der Waals surface area contributed by atoms with E-state index < -0.39 is 0 Å². The Labute approximate surface area is 80.3 Å². The lowest BCUT2D eigenvalue weighted by atomic mass is 9.92. The van der Waals surface area contributed by atoms with E-state index in [-0.39, 0.29) is 5.91 Å². The van der Waals surface area contributed by atoms with Crippen LogP contribution in [-0.2, 0) is 4.79 Å². The second kappa shape index (κ2) is 4.09. The predicted octanol–water partition coefficient (Wildman–Crippen LogP) is 0.901. The summed E-state index contributed by atoms with van der Waals surface area (Å²) in [4.78, 5) is 10.9. The standard InChI is InChI=1S/C10H20N2O/c1-10(2,3)4-5-11-8-6-9(13)12-7-8/h8,11H,4-7H2,1-3H3,(H,12,13). The normalized spacial score (nSPS) is 23.3. The van der Waals surface area contributed by atoms with Crippen LogP contribution in [0.2, 0.25) is 0 Å². The van der Waals surface area contributed by atoms with Gasteiger partial charge in [-0.05, 0) is 18.4 Å². The van der Waals surface area contributed by atoms with Gasteiger partial charge in [-0.15, -0.1) is 0 Å². The molecule has 1 saturated heterocycles. The Bertz CT molecular complexity index is 184. The van der Waals surface area contributed by atoms with Crippen LogP contribution in [0.5, 0.6) is 0 Å². The summed E-state index contributed by atoms with van der Waals surface area (Å²) in [5.74, 6) is 0.174. The molecule has 1 rings (SSSR count). The zero-order valence-corrected chi connectivity index (χ0v) is 8.81. The topological polar surface area (TPSA) is 41.1 Å². The maximum Gasteiger partial charge on any atom is 0.221 e. The maximum absolute atomic E-state index is 10.9. The number of nitrogens with one attached hydrogen (secondary N) is 2. The molecule has 1 amide bonds. The second-order valence-electron chi connectivity index (χ2n) is 4.97. The van der Waals surface area contributed by atoms with E-state index in [4.69, 9.17) is 0 Å². The minimum Gasteiger partial charge on any atom is -0.354 e. The van der Waals surface area contributed by atoms with Crippen LogP contribution in [0, 0.1) is 5.41 Å². The molecule has 3 heteroatoms. The van der Waals surface area contributed by atoms with E-state index >= 15 is 0 Å². The molecule has 0 aromatic carbocycles. The Morgan fingerprint density at radius 1 is 1.54 bits per heavy atom. The molecular weight excluding hydrogens is 164 g/mol. The summed E-state index contributed by atoms with van der Waals surface area (Å²) in [6.45, 7) is 8.48. The van der Waals surface area contributed by atoms with Crippen molar-refractivity contribution in [1.82, 2.24) is 10.6 Å². The first-order valence-corrected chi connectivity index (χ1v) is 4.97. The predicted molar refractivity (Wildman–Crippen MR) is 53.5 cm³/mol. The molecule has 3 nitrogen and oxygen atoms in total. The van der Waals surface area contributed by atoms with Crippen molar-refractivity contribution in [2.45, 2.75) is 39.7 Å². The van der Waals surface area contributed by atoms with E-state index in [0.29, 0.717) is 17.9 Å². The highest BCUT2D eigenvalue weighted by atomic mass is 16.1. The summed E-state index contributed by atoms with van der Waals surface area (Å²) in [6.07, 6.45) is 1.79. The van der Waals surface area contributed by atoms with Crippen LogP contribution >= 0.6 is 0 Å². The molecule has 2 N–H and O–H groups in total. The van der Waals surface area contributed by atoms with E-state index in [9.17, 15) is 4.79 Å². The number of carbonyl (C=O) groups is 1. The number of hydrogen-bond acceptors (Lipinski definition) is 2. The van der Waals surface area contributed by atoms with Gasteiger partial charge in [-0.2, -0.15) is 0 Å². The lowest BCUT2D eigenvalue weighted by Crippen LogP contribution is -2.33. The van der Waals surface area contributed by atoms with Crippen LogP contribution in [-0.4, -0.2) is 25.0 Å². The van der Waals surface area contributed by atoms with E-state index in [0.717, 1.165) is 19.5 Å². The number of rotatable bonds is 3. The molecule has 1 heterocycles. The molecule has 0 aromatic rings. The van der Waals surface area contributed by atoms with Gasteiger partial charge in [0.2, 0.25) is 5.91 Å². The van der Waals surface area contributed by atoms with Gasteiger partial charge in [0.25, 0.3) is 0 Å². The zero-order valence-electron chi connectivity index (χ0n) is 8.81. The van der Waals surface area contributed by atoms with E-state index in [1.54, 1.807) is 0 Å². The summed E-state index contributed by atoms with van der Waals surface area (Å²) in [5, 5.41) is 6.20. The largest absolute Gasteiger partial charge is 0.354 e. The number of carbonyl (C=O) groups excluding carboxylic acids is 1. The van der Waals surface area contributed by atoms with Crippen molar-refractivity contribution in [2.24, 2.45) is 5.41 Å². The minimum absolute atomic E-state index is 0.174. The van der Waals surface area contributed by atoms with E-state index in [2.05, 4.69) is 31.4 Å². The molecule has 1 aliphatic rings. The molecule has 0 radical (unpaired) electrons. The van der Waals surface area contributed by atoms with Gasteiger partial charge >= 0.3 is 0 Å². The Balaban J connectivity index is 2.10. The van der Waals surface area contributed by atoms with Crippen molar-refractivity contribution in [3.05, 3.63) is 0 Å². The van der Waals surface area contributed by atoms with E-state index in [1.165, 1.54) is 0 Å². The smallest absolute Gasteiger partial charge is 0.221 e. The van der Waals surface area contributed by atoms with Gasteiger partial charge in [-0.25, -0.2) is 0 Å². The van der Waals surface area contributed by atoms with Gasteiger partial charge < -0.3 is 10.6 Å². The van der Waals surface area contributed by atoms with Gasteiger partial charge in [0.15, 0.2) is 0 Å². The highest BCUT2D eigenvalue weighted by molar-refractivity contribution is 5.78. The fraction of sp³-hybridized carbons (Fsp3) is 0.900. The van der Waals surface area contributed by atoms with Crippen molar-refractivity contribution >= 4 is 5.91 Å². The van der Waals surface area contributed by atoms with Crippen molar-refractivity contribution in [2.75, 3.05) is 13.1 Å². The first-order chi connectivity index (χ1) is 5.97. The fourth-order valence-electron chi connectivity index (χ4n) is 1.40. The van der Waals surface area contributed by atoms with Gasteiger partial charge in [-0.1, -0.05) is 20.8 Å². The summed E-state index contributed by atoms with van der Waals surface area (Å²) in [6, 6.07) is 0.356. The number of amides is 1. The molecule has 76 valence electrons. The van der Waals surface area contributed by atoms with Crippen LogP contribution in [0.3, 0.4) is 0 Å². The molecule has 1 unspecified atom stereocenters. The third-order valence-corrected chi connectivity index (χ3v) is 2.29. The molecule has 1 aliphatic heterocycles. The molecule has 0 aromatic heterocycles. The Hall–Kier alpha value is -0.570. The number of hydrogen-bond donors (Lipinski definition) is 2. The molecular formula is C10H20N2O.